The Morgan fingerprint density at radius 2 is 1.78 bits per heavy atom. The van der Waals surface area contributed by atoms with Crippen LogP contribution in [0.1, 0.15) is 60.1 Å². The summed E-state index contributed by atoms with van der Waals surface area (Å²) in [6.07, 6.45) is 4.89. The lowest BCUT2D eigenvalue weighted by atomic mass is 9.86. The van der Waals surface area contributed by atoms with E-state index in [1.807, 2.05) is 14.0 Å². The average molecular weight is 427 g/mol. The Labute approximate surface area is 189 Å². The van der Waals surface area contributed by atoms with E-state index in [0.717, 1.165) is 16.6 Å². The number of carbonyl (C=O) groups excluding carboxylic acids is 1. The van der Waals surface area contributed by atoms with Gasteiger partial charge >= 0.3 is 5.97 Å². The normalized spacial score (nSPS) is 14.5. The summed E-state index contributed by atoms with van der Waals surface area (Å²) in [5.41, 5.74) is 12.4. The Bertz CT molecular complexity index is 1310. The molecule has 0 radical (unpaired) electrons. The minimum absolute atomic E-state index is 0.283. The number of aryl methyl sites for hydroxylation is 1. The average Bonchev–Trinajstić information content (AvgIpc) is 3.44. The van der Waals surface area contributed by atoms with E-state index in [-0.39, 0.29) is 5.97 Å². The third kappa shape index (κ3) is 3.30. The van der Waals surface area contributed by atoms with E-state index in [2.05, 4.69) is 59.2 Å². The fraction of sp³-hybridized carbons (Fsp3) is 0.321. The van der Waals surface area contributed by atoms with Gasteiger partial charge in [-0.05, 0) is 65.3 Å². The Morgan fingerprint density at radius 3 is 2.53 bits per heavy atom. The maximum absolute atomic E-state index is 12.9. The summed E-state index contributed by atoms with van der Waals surface area (Å²) < 4.78 is 7.49. The number of hydrogen-bond acceptors (Lipinski definition) is 3. The molecule has 32 heavy (non-hydrogen) atoms. The molecule has 1 aromatic heterocycles. The highest BCUT2D eigenvalue weighted by atomic mass is 16.5. The number of carbonyl (C=O) groups is 1. The van der Waals surface area contributed by atoms with E-state index in [1.165, 1.54) is 53.1 Å². The van der Waals surface area contributed by atoms with Crippen molar-refractivity contribution in [3.05, 3.63) is 71.4 Å². The first kappa shape index (κ1) is 20.8. The summed E-state index contributed by atoms with van der Waals surface area (Å²) >= 11 is 0. The number of fused-ring (bicyclic) bond motifs is 2. The highest BCUT2D eigenvalue weighted by Gasteiger charge is 2.27. The Kier molecular flexibility index (Phi) is 5.48. The summed E-state index contributed by atoms with van der Waals surface area (Å²) in [5, 5.41) is 3.45. The molecule has 0 amide bonds. The fourth-order valence-electron chi connectivity index (χ4n) is 5.49. The molecule has 1 fully saturated rings. The summed E-state index contributed by atoms with van der Waals surface area (Å²) in [6.45, 7) is 2.48. The highest BCUT2D eigenvalue weighted by molar-refractivity contribution is 6.08. The maximum Gasteiger partial charge on any atom is 0.340 e. The van der Waals surface area contributed by atoms with Crippen LogP contribution in [0.3, 0.4) is 0 Å². The molecule has 1 saturated carbocycles. The van der Waals surface area contributed by atoms with Crippen LogP contribution in [0.5, 0.6) is 0 Å². The zero-order chi connectivity index (χ0) is 22.2. The predicted octanol–water partition coefficient (Wildman–Crippen LogP) is 6.29. The van der Waals surface area contributed by atoms with Gasteiger partial charge in [-0.15, -0.1) is 0 Å². The third-order valence-electron chi connectivity index (χ3n) is 7.04. The molecular weight excluding hydrogens is 396 g/mol. The Hall–Kier alpha value is -3.11. The summed E-state index contributed by atoms with van der Waals surface area (Å²) in [7, 11) is 2.00. The van der Waals surface area contributed by atoms with Crippen LogP contribution in [0, 0.1) is 0 Å². The molecule has 1 heterocycles. The summed E-state index contributed by atoms with van der Waals surface area (Å²) in [4.78, 5) is 12.9. The SMILES string of the molecule is CCOC(=O)c1c(CN)n(C)c2cc(-c3cccc4ccccc34)c(C3CCCC3)cc12. The molecular formula is C28H30N2O2. The first-order chi connectivity index (χ1) is 15.6. The zero-order valence-electron chi connectivity index (χ0n) is 18.9. The van der Waals surface area contributed by atoms with Gasteiger partial charge in [-0.1, -0.05) is 55.3 Å². The second-order valence-electron chi connectivity index (χ2n) is 8.77. The van der Waals surface area contributed by atoms with Crippen molar-refractivity contribution in [1.29, 1.82) is 0 Å². The molecule has 5 rings (SSSR count). The number of aromatic nitrogens is 1. The van der Waals surface area contributed by atoms with Gasteiger partial charge < -0.3 is 15.0 Å². The van der Waals surface area contributed by atoms with Gasteiger partial charge in [0.2, 0.25) is 0 Å². The summed E-state index contributed by atoms with van der Waals surface area (Å²) in [6, 6.07) is 19.6. The van der Waals surface area contributed by atoms with Gasteiger partial charge in [-0.2, -0.15) is 0 Å². The monoisotopic (exact) mass is 426 g/mol. The van der Waals surface area contributed by atoms with Crippen molar-refractivity contribution in [2.75, 3.05) is 6.61 Å². The minimum Gasteiger partial charge on any atom is -0.462 e. The minimum atomic E-state index is -0.283. The molecule has 0 atom stereocenters. The van der Waals surface area contributed by atoms with E-state index in [0.29, 0.717) is 24.6 Å². The molecule has 4 heteroatoms. The standard InChI is InChI=1S/C28H30N2O2/c1-3-32-28(31)27-24-15-22(19-10-4-5-11-19)23(16-25(24)30(2)26(27)17-29)21-14-8-12-18-9-6-7-13-20(18)21/h6-9,12-16,19H,3-5,10-11,17,29H2,1-2H3. The van der Waals surface area contributed by atoms with Crippen molar-refractivity contribution in [1.82, 2.24) is 4.57 Å². The van der Waals surface area contributed by atoms with Crippen LogP contribution in [0.2, 0.25) is 0 Å². The Balaban J connectivity index is 1.84. The van der Waals surface area contributed by atoms with Crippen LogP contribution >= 0.6 is 0 Å². The van der Waals surface area contributed by atoms with Crippen molar-refractivity contribution in [3.63, 3.8) is 0 Å². The molecule has 0 aliphatic heterocycles. The van der Waals surface area contributed by atoms with E-state index in [1.54, 1.807) is 0 Å². The smallest absolute Gasteiger partial charge is 0.340 e. The third-order valence-corrected chi connectivity index (χ3v) is 7.04. The first-order valence-electron chi connectivity index (χ1n) is 11.6. The van der Waals surface area contributed by atoms with Crippen molar-refractivity contribution in [3.8, 4) is 11.1 Å². The largest absolute Gasteiger partial charge is 0.462 e. The lowest BCUT2D eigenvalue weighted by molar-refractivity contribution is 0.0527. The fourth-order valence-corrected chi connectivity index (χ4v) is 5.49. The lowest BCUT2D eigenvalue weighted by Crippen LogP contribution is -2.12. The van der Waals surface area contributed by atoms with E-state index in [9.17, 15) is 4.79 Å². The van der Waals surface area contributed by atoms with Gasteiger partial charge in [-0.3, -0.25) is 0 Å². The number of ether oxygens (including phenoxy) is 1. The molecule has 164 valence electrons. The van der Waals surface area contributed by atoms with Crippen molar-refractivity contribution in [2.24, 2.45) is 12.8 Å². The number of nitrogens with two attached hydrogens (primary N) is 1. The summed E-state index contributed by atoms with van der Waals surface area (Å²) in [5.74, 6) is 0.221. The molecule has 0 unspecified atom stereocenters. The predicted molar refractivity (Wildman–Crippen MR) is 131 cm³/mol. The van der Waals surface area contributed by atoms with Gasteiger partial charge in [0.25, 0.3) is 0 Å². The Morgan fingerprint density at radius 1 is 1.03 bits per heavy atom. The van der Waals surface area contributed by atoms with E-state index in [4.69, 9.17) is 10.5 Å². The van der Waals surface area contributed by atoms with Crippen LogP contribution in [-0.4, -0.2) is 17.1 Å². The lowest BCUT2D eigenvalue weighted by Gasteiger charge is -2.18. The number of hydrogen-bond donors (Lipinski definition) is 1. The van der Waals surface area contributed by atoms with Gasteiger partial charge in [0.15, 0.2) is 0 Å². The highest BCUT2D eigenvalue weighted by Crippen LogP contribution is 2.44. The van der Waals surface area contributed by atoms with Crippen LogP contribution in [0.4, 0.5) is 0 Å². The molecule has 4 nitrogen and oxygen atoms in total. The van der Waals surface area contributed by atoms with Crippen LogP contribution in [0.25, 0.3) is 32.8 Å². The molecule has 1 aliphatic carbocycles. The maximum atomic E-state index is 12.9. The zero-order valence-corrected chi connectivity index (χ0v) is 18.9. The molecule has 2 N–H and O–H groups in total. The molecule has 0 saturated heterocycles. The van der Waals surface area contributed by atoms with Gasteiger partial charge in [0, 0.05) is 30.2 Å². The van der Waals surface area contributed by atoms with Crippen molar-refractivity contribution in [2.45, 2.75) is 45.1 Å². The second kappa shape index (κ2) is 8.44. The topological polar surface area (TPSA) is 57.2 Å². The van der Waals surface area contributed by atoms with Crippen LogP contribution in [-0.2, 0) is 18.3 Å². The number of rotatable bonds is 5. The molecule has 1 aliphatic rings. The van der Waals surface area contributed by atoms with E-state index < -0.39 is 0 Å². The second-order valence-corrected chi connectivity index (χ2v) is 8.77. The number of esters is 1. The number of nitrogens with zero attached hydrogens (tertiary/aromatic N) is 1. The van der Waals surface area contributed by atoms with Crippen molar-refractivity contribution >= 4 is 27.6 Å². The van der Waals surface area contributed by atoms with Crippen molar-refractivity contribution < 1.29 is 9.53 Å². The van der Waals surface area contributed by atoms with Crippen LogP contribution in [0.15, 0.2) is 54.6 Å². The van der Waals surface area contributed by atoms with Gasteiger partial charge in [0.1, 0.15) is 0 Å². The van der Waals surface area contributed by atoms with Gasteiger partial charge in [0.05, 0.1) is 12.2 Å². The molecule has 4 aromatic rings. The molecule has 3 aromatic carbocycles. The molecule has 0 spiro atoms. The van der Waals surface area contributed by atoms with Crippen LogP contribution < -0.4 is 5.73 Å². The molecule has 0 bridgehead atoms. The quantitative estimate of drug-likeness (QED) is 0.382. The van der Waals surface area contributed by atoms with Gasteiger partial charge in [-0.25, -0.2) is 4.79 Å². The first-order valence-corrected chi connectivity index (χ1v) is 11.6. The van der Waals surface area contributed by atoms with E-state index >= 15 is 0 Å². The number of benzene rings is 3.